The van der Waals surface area contributed by atoms with E-state index in [2.05, 4.69) is 76.2 Å². The first kappa shape index (κ1) is 17.5. The molecule has 0 unspecified atom stereocenters. The molecule has 1 saturated heterocycles. The lowest BCUT2D eigenvalue weighted by molar-refractivity contribution is 0.00578. The fourth-order valence-corrected chi connectivity index (χ4v) is 3.72. The fourth-order valence-electron chi connectivity index (χ4n) is 3.72. The first-order valence-corrected chi connectivity index (χ1v) is 9.71. The van der Waals surface area contributed by atoms with Gasteiger partial charge in [-0.25, -0.2) is 0 Å². The second-order valence-corrected chi connectivity index (χ2v) is 8.52. The predicted molar refractivity (Wildman–Crippen MR) is 115 cm³/mol. The second-order valence-electron chi connectivity index (χ2n) is 8.52. The summed E-state index contributed by atoms with van der Waals surface area (Å²) < 4.78 is 18.3. The monoisotopic (exact) mass is 370 g/mol. The SMILES string of the molecule is CC1(C)OB(c2ccc(-c3ccc4c(c3)oc3ccccc34)cc2)OC1(C)C. The molecule has 28 heavy (non-hydrogen) atoms. The third kappa shape index (κ3) is 2.68. The number of fused-ring (bicyclic) bond motifs is 3. The molecule has 4 aromatic rings. The molecular weight excluding hydrogens is 347 g/mol. The number of hydrogen-bond acceptors (Lipinski definition) is 3. The molecule has 0 amide bonds. The molecule has 1 aliphatic rings. The van der Waals surface area contributed by atoms with Crippen molar-refractivity contribution in [3.05, 3.63) is 66.7 Å². The summed E-state index contributed by atoms with van der Waals surface area (Å²) in [7, 11) is -0.336. The molecular formula is C24H23BO3. The standard InChI is InChI=1S/C24H23BO3/c1-23(2)24(3,4)28-25(27-23)18-12-9-16(10-13-18)17-11-14-20-19-7-5-6-8-21(19)26-22(20)15-17/h5-15H,1-4H3. The molecule has 3 nitrogen and oxygen atoms in total. The van der Waals surface area contributed by atoms with Gasteiger partial charge < -0.3 is 13.7 Å². The summed E-state index contributed by atoms with van der Waals surface area (Å²) in [6.07, 6.45) is 0. The van der Waals surface area contributed by atoms with Gasteiger partial charge in [0.2, 0.25) is 0 Å². The minimum atomic E-state index is -0.336. The summed E-state index contributed by atoms with van der Waals surface area (Å²) in [5.41, 5.74) is 4.48. The lowest BCUT2D eigenvalue weighted by Crippen LogP contribution is -2.41. The smallest absolute Gasteiger partial charge is 0.456 e. The van der Waals surface area contributed by atoms with Gasteiger partial charge in [-0.15, -0.1) is 0 Å². The van der Waals surface area contributed by atoms with E-state index in [0.717, 1.165) is 38.5 Å². The van der Waals surface area contributed by atoms with Gasteiger partial charge >= 0.3 is 7.12 Å². The Morgan fingerprint density at radius 2 is 1.25 bits per heavy atom. The topological polar surface area (TPSA) is 31.6 Å². The highest BCUT2D eigenvalue weighted by molar-refractivity contribution is 6.62. The first-order chi connectivity index (χ1) is 13.3. The number of furan rings is 1. The molecule has 0 spiro atoms. The van der Waals surface area contributed by atoms with Crippen LogP contribution in [0.3, 0.4) is 0 Å². The van der Waals surface area contributed by atoms with Crippen LogP contribution in [0.25, 0.3) is 33.1 Å². The molecule has 5 rings (SSSR count). The Balaban J connectivity index is 1.47. The Morgan fingerprint density at radius 1 is 0.643 bits per heavy atom. The minimum Gasteiger partial charge on any atom is -0.456 e. The van der Waals surface area contributed by atoms with E-state index in [1.54, 1.807) is 0 Å². The number of rotatable bonds is 2. The number of para-hydroxylation sites is 1. The molecule has 0 bridgehead atoms. The van der Waals surface area contributed by atoms with Crippen LogP contribution in [0.4, 0.5) is 0 Å². The summed E-state index contributed by atoms with van der Waals surface area (Å²) in [5.74, 6) is 0. The molecule has 2 heterocycles. The van der Waals surface area contributed by atoms with E-state index < -0.39 is 0 Å². The van der Waals surface area contributed by atoms with Crippen LogP contribution in [0.2, 0.25) is 0 Å². The molecule has 0 N–H and O–H groups in total. The van der Waals surface area contributed by atoms with E-state index in [9.17, 15) is 0 Å². The summed E-state index contributed by atoms with van der Waals surface area (Å²) in [6.45, 7) is 8.29. The van der Waals surface area contributed by atoms with Gasteiger partial charge in [0.1, 0.15) is 11.2 Å². The van der Waals surface area contributed by atoms with E-state index in [1.165, 1.54) is 0 Å². The average molecular weight is 370 g/mol. The zero-order valence-electron chi connectivity index (χ0n) is 16.7. The number of hydrogen-bond donors (Lipinski definition) is 0. The summed E-state index contributed by atoms with van der Waals surface area (Å²) in [4.78, 5) is 0. The maximum atomic E-state index is 6.15. The lowest BCUT2D eigenvalue weighted by atomic mass is 9.78. The largest absolute Gasteiger partial charge is 0.494 e. The maximum absolute atomic E-state index is 6.15. The molecule has 3 aromatic carbocycles. The van der Waals surface area contributed by atoms with E-state index in [0.29, 0.717) is 0 Å². The van der Waals surface area contributed by atoms with Crippen molar-refractivity contribution in [3.8, 4) is 11.1 Å². The molecule has 140 valence electrons. The van der Waals surface area contributed by atoms with Crippen LogP contribution in [-0.4, -0.2) is 18.3 Å². The zero-order valence-corrected chi connectivity index (χ0v) is 16.7. The fraction of sp³-hybridized carbons (Fsp3) is 0.250. The molecule has 1 aliphatic heterocycles. The average Bonchev–Trinajstić information content (AvgIpc) is 3.15. The maximum Gasteiger partial charge on any atom is 0.494 e. The third-order valence-corrected chi connectivity index (χ3v) is 6.15. The Morgan fingerprint density at radius 3 is 1.96 bits per heavy atom. The van der Waals surface area contributed by atoms with E-state index in [1.807, 2.05) is 18.2 Å². The van der Waals surface area contributed by atoms with Gasteiger partial charge in [0.15, 0.2) is 0 Å². The van der Waals surface area contributed by atoms with Crippen LogP contribution in [0.1, 0.15) is 27.7 Å². The molecule has 1 aromatic heterocycles. The highest BCUT2D eigenvalue weighted by atomic mass is 16.7. The molecule has 1 fully saturated rings. The van der Waals surface area contributed by atoms with E-state index in [-0.39, 0.29) is 18.3 Å². The Kier molecular flexibility index (Phi) is 3.74. The molecule has 0 saturated carbocycles. The highest BCUT2D eigenvalue weighted by Crippen LogP contribution is 2.37. The lowest BCUT2D eigenvalue weighted by Gasteiger charge is -2.32. The second kappa shape index (κ2) is 5.97. The van der Waals surface area contributed by atoms with Crippen LogP contribution in [0.5, 0.6) is 0 Å². The summed E-state index contributed by atoms with van der Waals surface area (Å²) >= 11 is 0. The molecule has 4 heteroatoms. The summed E-state index contributed by atoms with van der Waals surface area (Å²) in [5, 5.41) is 2.30. The molecule has 0 aliphatic carbocycles. The van der Waals surface area contributed by atoms with Gasteiger partial charge in [0.05, 0.1) is 11.2 Å². The Hall–Kier alpha value is -2.56. The van der Waals surface area contributed by atoms with Crippen molar-refractivity contribution >= 4 is 34.5 Å². The van der Waals surface area contributed by atoms with Crippen molar-refractivity contribution in [1.82, 2.24) is 0 Å². The van der Waals surface area contributed by atoms with Crippen molar-refractivity contribution in [2.24, 2.45) is 0 Å². The molecule has 0 atom stereocenters. The van der Waals surface area contributed by atoms with Crippen LogP contribution < -0.4 is 5.46 Å². The van der Waals surface area contributed by atoms with Crippen molar-refractivity contribution in [3.63, 3.8) is 0 Å². The Bertz CT molecular complexity index is 1160. The van der Waals surface area contributed by atoms with Gasteiger partial charge in [-0.1, -0.05) is 48.5 Å². The van der Waals surface area contributed by atoms with Gasteiger partial charge in [0.25, 0.3) is 0 Å². The predicted octanol–water partition coefficient (Wildman–Crippen LogP) is 5.55. The van der Waals surface area contributed by atoms with Crippen LogP contribution >= 0.6 is 0 Å². The van der Waals surface area contributed by atoms with Gasteiger partial charge in [-0.2, -0.15) is 0 Å². The minimum absolute atomic E-state index is 0.331. The number of benzene rings is 3. The zero-order chi connectivity index (χ0) is 19.5. The van der Waals surface area contributed by atoms with Gasteiger partial charge in [-0.3, -0.25) is 0 Å². The quantitative estimate of drug-likeness (QED) is 0.434. The van der Waals surface area contributed by atoms with E-state index in [4.69, 9.17) is 13.7 Å². The van der Waals surface area contributed by atoms with Crippen LogP contribution in [-0.2, 0) is 9.31 Å². The van der Waals surface area contributed by atoms with Gasteiger partial charge in [0, 0.05) is 10.8 Å². The van der Waals surface area contributed by atoms with Crippen molar-refractivity contribution < 1.29 is 13.7 Å². The molecule has 0 radical (unpaired) electrons. The van der Waals surface area contributed by atoms with Crippen LogP contribution in [0.15, 0.2) is 71.1 Å². The summed E-state index contributed by atoms with van der Waals surface area (Å²) in [6, 6.07) is 22.9. The normalized spacial score (nSPS) is 18.2. The van der Waals surface area contributed by atoms with Crippen molar-refractivity contribution in [2.45, 2.75) is 38.9 Å². The first-order valence-electron chi connectivity index (χ1n) is 9.71. The Labute approximate surface area is 165 Å². The van der Waals surface area contributed by atoms with Crippen LogP contribution in [0, 0.1) is 0 Å². The van der Waals surface area contributed by atoms with Gasteiger partial charge in [-0.05, 0) is 62.5 Å². The highest BCUT2D eigenvalue weighted by Gasteiger charge is 2.51. The van der Waals surface area contributed by atoms with E-state index >= 15 is 0 Å². The van der Waals surface area contributed by atoms with Crippen molar-refractivity contribution in [1.29, 1.82) is 0 Å². The third-order valence-electron chi connectivity index (χ3n) is 6.15. The van der Waals surface area contributed by atoms with Crippen molar-refractivity contribution in [2.75, 3.05) is 0 Å².